The summed E-state index contributed by atoms with van der Waals surface area (Å²) in [6, 6.07) is 17.7. The molecule has 0 saturated carbocycles. The summed E-state index contributed by atoms with van der Waals surface area (Å²) >= 11 is 0. The Morgan fingerprint density at radius 2 is 1.31 bits per heavy atom. The Hall–Kier alpha value is -2.88. The molecule has 0 N–H and O–H groups in total. The number of aryl methyl sites for hydroxylation is 1. The third-order valence-electron chi connectivity index (χ3n) is 4.88. The Kier molecular flexibility index (Phi) is 6.21. The molecule has 3 rings (SSSR count). The summed E-state index contributed by atoms with van der Waals surface area (Å²) in [5, 5.41) is 0. The molecule has 0 saturated heterocycles. The van der Waals surface area contributed by atoms with E-state index < -0.39 is 17.6 Å². The smallest absolute Gasteiger partial charge is 0.206 e. The minimum Gasteiger partial charge on any atom is -0.206 e. The van der Waals surface area contributed by atoms with Gasteiger partial charge in [-0.15, -0.1) is 0 Å². The van der Waals surface area contributed by atoms with Crippen molar-refractivity contribution in [2.75, 3.05) is 0 Å². The van der Waals surface area contributed by atoms with E-state index in [0.717, 1.165) is 17.5 Å². The fourth-order valence-electron chi connectivity index (χ4n) is 3.26. The largest absolute Gasteiger partial charge is 0.419 e. The van der Waals surface area contributed by atoms with Gasteiger partial charge in [-0.05, 0) is 40.7 Å². The van der Waals surface area contributed by atoms with Crippen molar-refractivity contribution in [1.29, 1.82) is 0 Å². The lowest BCUT2D eigenvalue weighted by Crippen LogP contribution is -2.11. The lowest BCUT2D eigenvalue weighted by molar-refractivity contribution is -0.140. The SMILES string of the molecule is CC/C=C/c1ccc(-c2ccc(-c3ccc(CC)cc3)cc2)c(F)c1C(F)(F)F. The van der Waals surface area contributed by atoms with Crippen LogP contribution < -0.4 is 0 Å². The second kappa shape index (κ2) is 8.64. The summed E-state index contributed by atoms with van der Waals surface area (Å²) in [4.78, 5) is 0. The molecule has 0 fully saturated rings. The molecule has 0 aliphatic rings. The molecule has 0 nitrogen and oxygen atoms in total. The number of rotatable bonds is 5. The van der Waals surface area contributed by atoms with Crippen LogP contribution >= 0.6 is 0 Å². The summed E-state index contributed by atoms with van der Waals surface area (Å²) in [7, 11) is 0. The van der Waals surface area contributed by atoms with Gasteiger partial charge in [0.05, 0.1) is 5.56 Å². The van der Waals surface area contributed by atoms with Gasteiger partial charge < -0.3 is 0 Å². The van der Waals surface area contributed by atoms with Crippen molar-refractivity contribution < 1.29 is 17.6 Å². The van der Waals surface area contributed by atoms with Gasteiger partial charge in [0.25, 0.3) is 0 Å². The lowest BCUT2D eigenvalue weighted by atomic mass is 9.95. The molecule has 0 bridgehead atoms. The molecule has 0 aliphatic heterocycles. The van der Waals surface area contributed by atoms with Crippen LogP contribution in [0, 0.1) is 5.82 Å². The molecule has 0 atom stereocenters. The van der Waals surface area contributed by atoms with Crippen molar-refractivity contribution in [1.82, 2.24) is 0 Å². The number of allylic oxidation sites excluding steroid dienone is 1. The Morgan fingerprint density at radius 3 is 1.83 bits per heavy atom. The van der Waals surface area contributed by atoms with E-state index in [2.05, 4.69) is 6.92 Å². The maximum Gasteiger partial charge on any atom is 0.419 e. The highest BCUT2D eigenvalue weighted by Crippen LogP contribution is 2.39. The fraction of sp³-hybridized carbons (Fsp3) is 0.200. The number of benzene rings is 3. The molecule has 3 aromatic carbocycles. The molecule has 3 aromatic rings. The molecule has 4 heteroatoms. The first-order chi connectivity index (χ1) is 13.8. The minimum absolute atomic E-state index is 0.0566. The van der Waals surface area contributed by atoms with E-state index in [1.165, 1.54) is 23.8 Å². The van der Waals surface area contributed by atoms with Gasteiger partial charge in [0.1, 0.15) is 5.82 Å². The summed E-state index contributed by atoms with van der Waals surface area (Å²) in [5.74, 6) is -1.24. The number of halogens is 4. The average molecular weight is 398 g/mol. The van der Waals surface area contributed by atoms with Crippen LogP contribution in [0.25, 0.3) is 28.3 Å². The highest BCUT2D eigenvalue weighted by atomic mass is 19.4. The Labute approximate surface area is 168 Å². The van der Waals surface area contributed by atoms with Crippen LogP contribution in [0.1, 0.15) is 37.0 Å². The van der Waals surface area contributed by atoms with Crippen LogP contribution in [0.4, 0.5) is 17.6 Å². The standard InChI is InChI=1S/C25H22F4/c1-3-5-6-21-15-16-22(24(26)23(21)25(27,28)29)20-13-11-19(12-14-20)18-9-7-17(4-2)8-10-18/h5-16H,3-4H2,1-2H3/b6-5+. The quantitative estimate of drug-likeness (QED) is 0.380. The maximum absolute atomic E-state index is 14.9. The summed E-state index contributed by atoms with van der Waals surface area (Å²) in [6.45, 7) is 3.89. The molecule has 0 unspecified atom stereocenters. The van der Waals surface area contributed by atoms with Gasteiger partial charge in [-0.2, -0.15) is 13.2 Å². The molecule has 150 valence electrons. The third-order valence-corrected chi connectivity index (χ3v) is 4.88. The van der Waals surface area contributed by atoms with E-state index in [1.807, 2.05) is 31.2 Å². The van der Waals surface area contributed by atoms with Gasteiger partial charge in [-0.1, -0.05) is 86.7 Å². The molecule has 0 spiro atoms. The van der Waals surface area contributed by atoms with Crippen molar-refractivity contribution in [2.24, 2.45) is 0 Å². The van der Waals surface area contributed by atoms with Gasteiger partial charge in [0.15, 0.2) is 0 Å². The maximum atomic E-state index is 14.9. The van der Waals surface area contributed by atoms with E-state index >= 15 is 0 Å². The first-order valence-corrected chi connectivity index (χ1v) is 9.61. The Bertz CT molecular complexity index is 995. The highest BCUT2D eigenvalue weighted by molar-refractivity contribution is 5.73. The van der Waals surface area contributed by atoms with Crippen LogP contribution in [-0.2, 0) is 12.6 Å². The van der Waals surface area contributed by atoms with E-state index in [-0.39, 0.29) is 11.1 Å². The molecule has 0 aromatic heterocycles. The minimum atomic E-state index is -4.77. The normalized spacial score (nSPS) is 11.9. The zero-order valence-corrected chi connectivity index (χ0v) is 16.4. The molecule has 0 heterocycles. The molecule has 29 heavy (non-hydrogen) atoms. The van der Waals surface area contributed by atoms with Crippen molar-refractivity contribution in [2.45, 2.75) is 32.9 Å². The zero-order chi connectivity index (χ0) is 21.0. The predicted molar refractivity (Wildman–Crippen MR) is 111 cm³/mol. The Morgan fingerprint density at radius 1 is 0.759 bits per heavy atom. The van der Waals surface area contributed by atoms with Crippen molar-refractivity contribution in [3.63, 3.8) is 0 Å². The van der Waals surface area contributed by atoms with Crippen LogP contribution in [0.2, 0.25) is 0 Å². The second-order valence-corrected chi connectivity index (χ2v) is 6.83. The van der Waals surface area contributed by atoms with Gasteiger partial charge in [-0.3, -0.25) is 0 Å². The molecule has 0 aliphatic carbocycles. The number of alkyl halides is 3. The molecular weight excluding hydrogens is 376 g/mol. The van der Waals surface area contributed by atoms with Gasteiger partial charge in [0, 0.05) is 5.56 Å². The van der Waals surface area contributed by atoms with Crippen LogP contribution in [0.5, 0.6) is 0 Å². The van der Waals surface area contributed by atoms with Crippen LogP contribution in [0.15, 0.2) is 66.7 Å². The molecule has 0 radical (unpaired) electrons. The van der Waals surface area contributed by atoms with Crippen LogP contribution in [0.3, 0.4) is 0 Å². The van der Waals surface area contributed by atoms with Gasteiger partial charge >= 0.3 is 6.18 Å². The van der Waals surface area contributed by atoms with Gasteiger partial charge in [-0.25, -0.2) is 4.39 Å². The van der Waals surface area contributed by atoms with Crippen molar-refractivity contribution >= 4 is 6.08 Å². The number of hydrogen-bond acceptors (Lipinski definition) is 0. The topological polar surface area (TPSA) is 0 Å². The van der Waals surface area contributed by atoms with E-state index in [9.17, 15) is 17.6 Å². The second-order valence-electron chi connectivity index (χ2n) is 6.83. The summed E-state index contributed by atoms with van der Waals surface area (Å²) in [5.41, 5.74) is 2.13. The molecular formula is C25H22F4. The van der Waals surface area contributed by atoms with Crippen molar-refractivity contribution in [3.8, 4) is 22.3 Å². The first kappa shape index (κ1) is 20.8. The summed E-state index contributed by atoms with van der Waals surface area (Å²) < 4.78 is 55.4. The lowest BCUT2D eigenvalue weighted by Gasteiger charge is -2.15. The van der Waals surface area contributed by atoms with E-state index in [4.69, 9.17) is 0 Å². The van der Waals surface area contributed by atoms with Crippen LogP contribution in [-0.4, -0.2) is 0 Å². The van der Waals surface area contributed by atoms with Gasteiger partial charge in [0.2, 0.25) is 0 Å². The monoisotopic (exact) mass is 398 g/mol. The zero-order valence-electron chi connectivity index (χ0n) is 16.4. The Balaban J connectivity index is 2.01. The predicted octanol–water partition coefficient (Wildman–Crippen LogP) is 8.16. The third kappa shape index (κ3) is 4.58. The summed E-state index contributed by atoms with van der Waals surface area (Å²) in [6.07, 6.45) is -0.347. The van der Waals surface area contributed by atoms with E-state index in [0.29, 0.717) is 12.0 Å². The first-order valence-electron chi connectivity index (χ1n) is 9.61. The fourth-order valence-corrected chi connectivity index (χ4v) is 3.26. The highest BCUT2D eigenvalue weighted by Gasteiger charge is 2.37. The molecule has 0 amide bonds. The van der Waals surface area contributed by atoms with Crippen molar-refractivity contribution in [3.05, 3.63) is 89.2 Å². The van der Waals surface area contributed by atoms with E-state index in [1.54, 1.807) is 30.3 Å². The number of hydrogen-bond donors (Lipinski definition) is 0. The average Bonchev–Trinajstić information content (AvgIpc) is 2.71.